The molecule has 1 amide bonds. The number of hydrogen-bond acceptors (Lipinski definition) is 8. The lowest BCUT2D eigenvalue weighted by Gasteiger charge is -2.36. The number of benzene rings is 3. The first kappa shape index (κ1) is 27.8. The van der Waals surface area contributed by atoms with E-state index < -0.39 is 0 Å². The molecule has 1 N–H and O–H groups in total. The Morgan fingerprint density at radius 2 is 1.62 bits per heavy atom. The Balaban J connectivity index is 1.40. The number of nitrogens with one attached hydrogen (secondary N) is 1. The van der Waals surface area contributed by atoms with Crippen LogP contribution in [0, 0.1) is 10.1 Å². The van der Waals surface area contributed by atoms with Crippen molar-refractivity contribution in [2.45, 2.75) is 6.42 Å². The van der Waals surface area contributed by atoms with Gasteiger partial charge in [0.25, 0.3) is 11.6 Å². The summed E-state index contributed by atoms with van der Waals surface area (Å²) in [6.45, 7) is 2.71. The van der Waals surface area contributed by atoms with Gasteiger partial charge in [-0.05, 0) is 54.4 Å². The van der Waals surface area contributed by atoms with Gasteiger partial charge in [0, 0.05) is 50.0 Å². The highest BCUT2D eigenvalue weighted by Crippen LogP contribution is 2.32. The van der Waals surface area contributed by atoms with E-state index in [2.05, 4.69) is 10.2 Å². The molecule has 0 saturated carbocycles. The zero-order chi connectivity index (χ0) is 27.9. The van der Waals surface area contributed by atoms with Gasteiger partial charge in [-0.1, -0.05) is 17.7 Å². The van der Waals surface area contributed by atoms with E-state index in [1.807, 2.05) is 18.2 Å². The van der Waals surface area contributed by atoms with Gasteiger partial charge in [-0.25, -0.2) is 0 Å². The zero-order valence-corrected chi connectivity index (χ0v) is 22.9. The largest absolute Gasteiger partial charge is 0.495 e. The molecule has 206 valence electrons. The quantitative estimate of drug-likeness (QED) is 0.279. The van der Waals surface area contributed by atoms with Crippen LogP contribution in [0.1, 0.15) is 15.9 Å². The molecule has 1 aliphatic heterocycles. The van der Waals surface area contributed by atoms with Crippen LogP contribution in [0.5, 0.6) is 17.2 Å². The highest BCUT2D eigenvalue weighted by Gasteiger charge is 2.24. The fourth-order valence-corrected chi connectivity index (χ4v) is 4.81. The molecule has 11 heteroatoms. The summed E-state index contributed by atoms with van der Waals surface area (Å²) in [6, 6.07) is 15.7. The molecule has 1 aliphatic rings. The molecule has 1 saturated heterocycles. The van der Waals surface area contributed by atoms with Crippen molar-refractivity contribution >= 4 is 34.6 Å². The Kier molecular flexibility index (Phi) is 8.98. The third-order valence-corrected chi connectivity index (χ3v) is 6.98. The van der Waals surface area contributed by atoms with Crippen LogP contribution >= 0.6 is 11.6 Å². The number of nitro groups is 1. The highest BCUT2D eigenvalue weighted by molar-refractivity contribution is 6.32. The van der Waals surface area contributed by atoms with Crippen LogP contribution in [0.3, 0.4) is 0 Å². The molecule has 0 aliphatic carbocycles. The summed E-state index contributed by atoms with van der Waals surface area (Å²) in [5.41, 5.74) is 2.83. The van der Waals surface area contributed by atoms with Gasteiger partial charge in [-0.15, -0.1) is 0 Å². The molecule has 0 spiro atoms. The Labute approximate surface area is 232 Å². The third-order valence-electron chi connectivity index (χ3n) is 6.68. The number of hydrogen-bond donors (Lipinski definition) is 1. The van der Waals surface area contributed by atoms with Gasteiger partial charge < -0.3 is 29.3 Å². The first-order valence-corrected chi connectivity index (χ1v) is 12.8. The standard InChI is InChI=1S/C28H31ClN4O6/c1-37-25-9-5-20(17-22(25)29)28(34)32-14-12-31(13-15-32)21-6-7-24(33(35)36)23(18-21)30-11-10-19-4-8-26(38-2)27(16-19)39-3/h4-9,16-18,30H,10-15H2,1-3H3. The highest BCUT2D eigenvalue weighted by atomic mass is 35.5. The minimum atomic E-state index is -0.390. The van der Waals surface area contributed by atoms with Crippen molar-refractivity contribution in [3.05, 3.63) is 80.9 Å². The molecule has 4 rings (SSSR count). The second kappa shape index (κ2) is 12.6. The zero-order valence-electron chi connectivity index (χ0n) is 22.1. The number of ether oxygens (including phenoxy) is 3. The van der Waals surface area contributed by atoms with Gasteiger partial charge in [0.05, 0.1) is 31.3 Å². The van der Waals surface area contributed by atoms with E-state index >= 15 is 0 Å². The minimum absolute atomic E-state index is 0.0104. The molecule has 3 aromatic rings. The number of rotatable bonds is 10. The molecule has 3 aromatic carbocycles. The molecule has 10 nitrogen and oxygen atoms in total. The van der Waals surface area contributed by atoms with Crippen molar-refractivity contribution in [2.24, 2.45) is 0 Å². The summed E-state index contributed by atoms with van der Waals surface area (Å²) >= 11 is 6.19. The van der Waals surface area contributed by atoms with Crippen molar-refractivity contribution in [3.63, 3.8) is 0 Å². The maximum Gasteiger partial charge on any atom is 0.292 e. The summed E-state index contributed by atoms with van der Waals surface area (Å²) < 4.78 is 15.8. The summed E-state index contributed by atoms with van der Waals surface area (Å²) in [5, 5.41) is 15.3. The van der Waals surface area contributed by atoms with E-state index in [0.29, 0.717) is 72.7 Å². The van der Waals surface area contributed by atoms with Gasteiger partial charge in [-0.2, -0.15) is 0 Å². The van der Waals surface area contributed by atoms with Crippen LogP contribution in [0.2, 0.25) is 5.02 Å². The second-order valence-corrected chi connectivity index (χ2v) is 9.36. The molecule has 0 unspecified atom stereocenters. The Morgan fingerprint density at radius 3 is 2.26 bits per heavy atom. The van der Waals surface area contributed by atoms with Crippen molar-refractivity contribution < 1.29 is 23.9 Å². The summed E-state index contributed by atoms with van der Waals surface area (Å²) in [6.07, 6.45) is 0.637. The average molecular weight is 555 g/mol. The van der Waals surface area contributed by atoms with Gasteiger partial charge in [0.1, 0.15) is 11.4 Å². The molecule has 0 radical (unpaired) electrons. The Hall–Kier alpha value is -4.18. The maximum atomic E-state index is 13.0. The van der Waals surface area contributed by atoms with Crippen LogP contribution in [0.15, 0.2) is 54.6 Å². The summed E-state index contributed by atoms with van der Waals surface area (Å²) in [5.74, 6) is 1.70. The first-order chi connectivity index (χ1) is 18.8. The van der Waals surface area contributed by atoms with E-state index in [0.717, 1.165) is 11.3 Å². The number of nitrogens with zero attached hydrogens (tertiary/aromatic N) is 3. The molecule has 39 heavy (non-hydrogen) atoms. The van der Waals surface area contributed by atoms with Crippen LogP contribution in [-0.4, -0.2) is 69.8 Å². The number of carbonyl (C=O) groups excluding carboxylic acids is 1. The topological polar surface area (TPSA) is 106 Å². The average Bonchev–Trinajstić information content (AvgIpc) is 2.96. The predicted molar refractivity (Wildman–Crippen MR) is 151 cm³/mol. The van der Waals surface area contributed by atoms with E-state index in [1.165, 1.54) is 13.2 Å². The van der Waals surface area contributed by atoms with Crippen LogP contribution < -0.4 is 24.4 Å². The lowest BCUT2D eigenvalue weighted by Crippen LogP contribution is -2.48. The van der Waals surface area contributed by atoms with Crippen molar-refractivity contribution in [3.8, 4) is 17.2 Å². The van der Waals surface area contributed by atoms with Gasteiger partial charge in [0.15, 0.2) is 11.5 Å². The van der Waals surface area contributed by atoms with Crippen LogP contribution in [-0.2, 0) is 6.42 Å². The van der Waals surface area contributed by atoms with E-state index in [-0.39, 0.29) is 16.5 Å². The Morgan fingerprint density at radius 1 is 0.923 bits per heavy atom. The SMILES string of the molecule is COc1ccc(C(=O)N2CCN(c3ccc([N+](=O)[O-])c(NCCc4ccc(OC)c(OC)c4)c3)CC2)cc1Cl. The molecule has 1 fully saturated rings. The number of nitro benzene ring substituents is 1. The van der Waals surface area contributed by atoms with Gasteiger partial charge >= 0.3 is 0 Å². The molecule has 0 atom stereocenters. The maximum absolute atomic E-state index is 13.0. The van der Waals surface area contributed by atoms with Crippen molar-refractivity contribution in [1.29, 1.82) is 0 Å². The van der Waals surface area contributed by atoms with Crippen LogP contribution in [0.25, 0.3) is 0 Å². The number of amides is 1. The van der Waals surface area contributed by atoms with Gasteiger partial charge in [-0.3, -0.25) is 14.9 Å². The second-order valence-electron chi connectivity index (χ2n) is 8.95. The fraction of sp³-hybridized carbons (Fsp3) is 0.321. The Bertz CT molecular complexity index is 1340. The molecule has 0 aromatic heterocycles. The van der Waals surface area contributed by atoms with E-state index in [4.69, 9.17) is 25.8 Å². The molecule has 0 bridgehead atoms. The number of piperazine rings is 1. The van der Waals surface area contributed by atoms with Crippen molar-refractivity contribution in [2.75, 3.05) is 64.3 Å². The van der Waals surface area contributed by atoms with Crippen molar-refractivity contribution in [1.82, 2.24) is 4.90 Å². The lowest BCUT2D eigenvalue weighted by atomic mass is 10.1. The van der Waals surface area contributed by atoms with Crippen LogP contribution in [0.4, 0.5) is 17.1 Å². The lowest BCUT2D eigenvalue weighted by molar-refractivity contribution is -0.383. The smallest absolute Gasteiger partial charge is 0.292 e. The molecular weight excluding hydrogens is 524 g/mol. The fourth-order valence-electron chi connectivity index (χ4n) is 4.55. The van der Waals surface area contributed by atoms with Gasteiger partial charge in [0.2, 0.25) is 0 Å². The molecular formula is C28H31ClN4O6. The number of halogens is 1. The minimum Gasteiger partial charge on any atom is -0.495 e. The molecule has 1 heterocycles. The summed E-state index contributed by atoms with van der Waals surface area (Å²) in [7, 11) is 4.69. The third kappa shape index (κ3) is 6.46. The monoisotopic (exact) mass is 554 g/mol. The number of anilines is 2. The summed E-state index contributed by atoms with van der Waals surface area (Å²) in [4.78, 5) is 28.2. The number of methoxy groups -OCH3 is 3. The normalized spacial score (nSPS) is 13.1. The number of carbonyl (C=O) groups is 1. The van der Waals surface area contributed by atoms with E-state index in [9.17, 15) is 14.9 Å². The van der Waals surface area contributed by atoms with E-state index in [1.54, 1.807) is 49.5 Å². The first-order valence-electron chi connectivity index (χ1n) is 12.5. The predicted octanol–water partition coefficient (Wildman–Crippen LogP) is 4.89.